The van der Waals surface area contributed by atoms with E-state index in [4.69, 9.17) is 4.74 Å². The molecule has 0 radical (unpaired) electrons. The molecule has 0 spiro atoms. The second-order valence-electron chi connectivity index (χ2n) is 7.19. The highest BCUT2D eigenvalue weighted by Gasteiger charge is 2.33. The summed E-state index contributed by atoms with van der Waals surface area (Å²) >= 11 is 0. The average molecular weight is 410 g/mol. The topological polar surface area (TPSA) is 68.3 Å². The molecule has 1 aromatic heterocycles. The van der Waals surface area contributed by atoms with Gasteiger partial charge in [-0.15, -0.1) is 0 Å². The third-order valence-electron chi connectivity index (χ3n) is 5.25. The van der Waals surface area contributed by atoms with Gasteiger partial charge in [0, 0.05) is 17.5 Å². The van der Waals surface area contributed by atoms with Gasteiger partial charge in [-0.25, -0.2) is 4.79 Å². The van der Waals surface area contributed by atoms with Crippen LogP contribution < -0.4 is 5.32 Å². The number of rotatable bonds is 6. The van der Waals surface area contributed by atoms with E-state index in [-0.39, 0.29) is 5.91 Å². The van der Waals surface area contributed by atoms with Crippen molar-refractivity contribution in [3.8, 4) is 0 Å². The van der Waals surface area contributed by atoms with E-state index in [1.54, 1.807) is 6.07 Å². The minimum atomic E-state index is -0.909. The standard InChI is InChI=1S/C26H22N2O3/c1-31-26(30)24(23(18-10-4-2-5-11-18)19-12-6-3-7-13-19)28-25(29)21-16-20-14-8-9-15-22(20)27-17-21/h2-17,23-24H,1H3,(H,28,29)/t24-/m1/s1. The van der Waals surface area contributed by atoms with E-state index in [2.05, 4.69) is 10.3 Å². The highest BCUT2D eigenvalue weighted by molar-refractivity contribution is 5.99. The molecule has 4 rings (SSSR count). The zero-order chi connectivity index (χ0) is 21.6. The molecule has 0 unspecified atom stereocenters. The van der Waals surface area contributed by atoms with Gasteiger partial charge in [-0.1, -0.05) is 78.9 Å². The van der Waals surface area contributed by atoms with Crippen molar-refractivity contribution in [2.75, 3.05) is 7.11 Å². The number of ether oxygens (including phenoxy) is 1. The predicted octanol–water partition coefficient (Wildman–Crippen LogP) is 4.34. The average Bonchev–Trinajstić information content (AvgIpc) is 2.84. The van der Waals surface area contributed by atoms with Crippen LogP contribution >= 0.6 is 0 Å². The van der Waals surface area contributed by atoms with Crippen molar-refractivity contribution < 1.29 is 14.3 Å². The van der Waals surface area contributed by atoms with Crippen LogP contribution in [0.5, 0.6) is 0 Å². The number of nitrogens with one attached hydrogen (secondary N) is 1. The number of esters is 1. The Bertz CT molecular complexity index is 1150. The Morgan fingerprint density at radius 3 is 2.03 bits per heavy atom. The van der Waals surface area contributed by atoms with E-state index in [0.717, 1.165) is 22.0 Å². The van der Waals surface area contributed by atoms with Crippen molar-refractivity contribution in [2.24, 2.45) is 0 Å². The molecule has 1 amide bonds. The normalized spacial score (nSPS) is 11.8. The first-order valence-corrected chi connectivity index (χ1v) is 10.0. The molecule has 0 saturated heterocycles. The largest absolute Gasteiger partial charge is 0.467 e. The smallest absolute Gasteiger partial charge is 0.329 e. The van der Waals surface area contributed by atoms with E-state index in [1.165, 1.54) is 13.3 Å². The minimum absolute atomic E-state index is 0.382. The zero-order valence-electron chi connectivity index (χ0n) is 17.1. The Morgan fingerprint density at radius 1 is 0.839 bits per heavy atom. The number of fused-ring (bicyclic) bond motifs is 1. The lowest BCUT2D eigenvalue weighted by atomic mass is 9.84. The number of nitrogens with zero attached hydrogens (tertiary/aromatic N) is 1. The van der Waals surface area contributed by atoms with E-state index < -0.39 is 17.9 Å². The fraction of sp³-hybridized carbons (Fsp3) is 0.115. The number of carbonyl (C=O) groups is 2. The Kier molecular flexibility index (Phi) is 6.03. The van der Waals surface area contributed by atoms with Gasteiger partial charge in [0.2, 0.25) is 0 Å². The molecule has 0 bridgehead atoms. The number of hydrogen-bond acceptors (Lipinski definition) is 4. The molecule has 5 nitrogen and oxygen atoms in total. The molecule has 1 heterocycles. The highest BCUT2D eigenvalue weighted by atomic mass is 16.5. The van der Waals surface area contributed by atoms with Crippen LogP contribution in [-0.2, 0) is 9.53 Å². The van der Waals surface area contributed by atoms with E-state index in [9.17, 15) is 9.59 Å². The quantitative estimate of drug-likeness (QED) is 0.480. The summed E-state index contributed by atoms with van der Waals surface area (Å²) in [5, 5.41) is 3.75. The summed E-state index contributed by atoms with van der Waals surface area (Å²) in [6.07, 6.45) is 1.52. The number of amides is 1. The number of benzene rings is 3. The summed E-state index contributed by atoms with van der Waals surface area (Å²) in [7, 11) is 1.33. The molecular formula is C26H22N2O3. The van der Waals surface area contributed by atoms with Crippen molar-refractivity contribution >= 4 is 22.8 Å². The van der Waals surface area contributed by atoms with Gasteiger partial charge in [-0.3, -0.25) is 9.78 Å². The van der Waals surface area contributed by atoms with Crippen LogP contribution in [0.3, 0.4) is 0 Å². The fourth-order valence-corrected chi connectivity index (χ4v) is 3.72. The predicted molar refractivity (Wildman–Crippen MR) is 120 cm³/mol. The molecule has 1 N–H and O–H groups in total. The van der Waals surface area contributed by atoms with Crippen LogP contribution in [0.4, 0.5) is 0 Å². The lowest BCUT2D eigenvalue weighted by Gasteiger charge is -2.27. The molecule has 4 aromatic rings. The van der Waals surface area contributed by atoms with Crippen molar-refractivity contribution in [3.63, 3.8) is 0 Å². The molecule has 1 atom stereocenters. The van der Waals surface area contributed by atoms with Crippen LogP contribution in [0.1, 0.15) is 27.4 Å². The Labute approximate surface area is 180 Å². The van der Waals surface area contributed by atoms with Gasteiger partial charge in [0.05, 0.1) is 18.2 Å². The Morgan fingerprint density at radius 2 is 1.42 bits per heavy atom. The molecule has 0 aliphatic rings. The number of pyridine rings is 1. The summed E-state index contributed by atoms with van der Waals surface area (Å²) in [4.78, 5) is 30.3. The Hall–Kier alpha value is -3.99. The number of aromatic nitrogens is 1. The van der Waals surface area contributed by atoms with Crippen LogP contribution in [0, 0.1) is 0 Å². The van der Waals surface area contributed by atoms with Crippen LogP contribution in [-0.4, -0.2) is 30.0 Å². The second-order valence-corrected chi connectivity index (χ2v) is 7.19. The molecule has 154 valence electrons. The van der Waals surface area contributed by atoms with Crippen LogP contribution in [0.15, 0.2) is 97.2 Å². The summed E-state index contributed by atoms with van der Waals surface area (Å²) in [6.45, 7) is 0. The molecule has 0 aliphatic carbocycles. The summed E-state index contributed by atoms with van der Waals surface area (Å²) < 4.78 is 5.07. The molecule has 5 heteroatoms. The summed E-state index contributed by atoms with van der Waals surface area (Å²) in [5.74, 6) is -1.31. The second kappa shape index (κ2) is 9.22. The minimum Gasteiger partial charge on any atom is -0.467 e. The van der Waals surface area contributed by atoms with Gasteiger partial charge in [-0.2, -0.15) is 0 Å². The first kappa shape index (κ1) is 20.3. The molecule has 0 fully saturated rings. The van der Waals surface area contributed by atoms with Crippen molar-refractivity contribution in [1.82, 2.24) is 10.3 Å². The van der Waals surface area contributed by atoms with Gasteiger partial charge in [0.25, 0.3) is 5.91 Å². The molecular weight excluding hydrogens is 388 g/mol. The lowest BCUT2D eigenvalue weighted by Crippen LogP contribution is -2.46. The van der Waals surface area contributed by atoms with Crippen LogP contribution in [0.25, 0.3) is 10.9 Å². The fourth-order valence-electron chi connectivity index (χ4n) is 3.72. The van der Waals surface area contributed by atoms with Crippen LogP contribution in [0.2, 0.25) is 0 Å². The molecule has 0 aliphatic heterocycles. The van der Waals surface area contributed by atoms with E-state index in [0.29, 0.717) is 5.56 Å². The summed E-state index contributed by atoms with van der Waals surface area (Å²) in [6, 6.07) is 27.7. The maximum absolute atomic E-state index is 13.1. The lowest BCUT2D eigenvalue weighted by molar-refractivity contribution is -0.143. The number of para-hydroxylation sites is 1. The van der Waals surface area contributed by atoms with Gasteiger partial charge >= 0.3 is 5.97 Å². The monoisotopic (exact) mass is 410 g/mol. The molecule has 31 heavy (non-hydrogen) atoms. The third-order valence-corrected chi connectivity index (χ3v) is 5.25. The highest BCUT2D eigenvalue weighted by Crippen LogP contribution is 2.29. The number of carbonyl (C=O) groups excluding carboxylic acids is 2. The maximum atomic E-state index is 13.1. The SMILES string of the molecule is COC(=O)[C@H](NC(=O)c1cnc2ccccc2c1)C(c1ccccc1)c1ccccc1. The first-order valence-electron chi connectivity index (χ1n) is 10.0. The maximum Gasteiger partial charge on any atom is 0.329 e. The van der Waals surface area contributed by atoms with Gasteiger partial charge < -0.3 is 10.1 Å². The summed E-state index contributed by atoms with van der Waals surface area (Å²) in [5.41, 5.74) is 2.99. The third kappa shape index (κ3) is 4.46. The molecule has 0 saturated carbocycles. The van der Waals surface area contributed by atoms with Gasteiger partial charge in [0.15, 0.2) is 0 Å². The number of methoxy groups -OCH3 is 1. The van der Waals surface area contributed by atoms with Gasteiger partial charge in [-0.05, 0) is 23.3 Å². The Balaban J connectivity index is 1.72. The van der Waals surface area contributed by atoms with E-state index in [1.807, 2.05) is 84.9 Å². The number of hydrogen-bond donors (Lipinski definition) is 1. The van der Waals surface area contributed by atoms with Crippen molar-refractivity contribution in [2.45, 2.75) is 12.0 Å². The zero-order valence-corrected chi connectivity index (χ0v) is 17.1. The van der Waals surface area contributed by atoms with E-state index >= 15 is 0 Å². The van der Waals surface area contributed by atoms with Gasteiger partial charge in [0.1, 0.15) is 6.04 Å². The first-order chi connectivity index (χ1) is 15.2. The van der Waals surface area contributed by atoms with Crippen molar-refractivity contribution in [1.29, 1.82) is 0 Å². The van der Waals surface area contributed by atoms with Crippen molar-refractivity contribution in [3.05, 3.63) is 114 Å². The molecule has 3 aromatic carbocycles.